The largest absolute Gasteiger partial charge is 0.353 e. The van der Waals surface area contributed by atoms with Crippen molar-refractivity contribution >= 4 is 17.6 Å². The summed E-state index contributed by atoms with van der Waals surface area (Å²) >= 11 is 0. The Hall–Kier alpha value is -1.69. The highest BCUT2D eigenvalue weighted by Crippen LogP contribution is 2.08. The van der Waals surface area contributed by atoms with Crippen molar-refractivity contribution in [1.82, 2.24) is 16.0 Å². The van der Waals surface area contributed by atoms with E-state index in [-0.39, 0.29) is 30.1 Å². The van der Waals surface area contributed by atoms with Crippen molar-refractivity contribution in [2.75, 3.05) is 13.1 Å². The molecule has 0 bridgehead atoms. The van der Waals surface area contributed by atoms with Crippen LogP contribution in [0.15, 0.2) is 12.2 Å². The summed E-state index contributed by atoms with van der Waals surface area (Å²) in [6.07, 6.45) is 9.65. The Morgan fingerprint density at radius 3 is 2.29 bits per heavy atom. The average Bonchev–Trinajstić information content (AvgIpc) is 2.66. The summed E-state index contributed by atoms with van der Waals surface area (Å²) in [5, 5.41) is 9.00. The third-order valence-corrected chi connectivity index (χ3v) is 4.73. The normalized spacial score (nSPS) is 13.5. The molecule has 0 spiro atoms. The van der Waals surface area contributed by atoms with Crippen molar-refractivity contribution in [3.05, 3.63) is 12.2 Å². The molecule has 6 nitrogen and oxygen atoms in total. The van der Waals surface area contributed by atoms with E-state index < -0.39 is 6.04 Å². The number of carbonyl (C=O) groups is 3. The second-order valence-electron chi connectivity index (χ2n) is 7.59. The van der Waals surface area contributed by atoms with E-state index in [1.165, 1.54) is 6.08 Å². The van der Waals surface area contributed by atoms with Crippen LogP contribution in [-0.4, -0.2) is 42.8 Å². The first-order valence-corrected chi connectivity index (χ1v) is 10.8. The summed E-state index contributed by atoms with van der Waals surface area (Å²) < 4.78 is 0. The molecule has 6 heteroatoms. The highest BCUT2D eigenvalue weighted by molar-refractivity contribution is 5.90. The van der Waals surface area contributed by atoms with Gasteiger partial charge < -0.3 is 16.0 Å². The highest BCUT2D eigenvalue weighted by Gasteiger charge is 2.22. The van der Waals surface area contributed by atoms with E-state index in [4.69, 9.17) is 0 Å². The topological polar surface area (TPSA) is 87.3 Å². The number of hydrogen-bond donors (Lipinski definition) is 3. The molecule has 0 heterocycles. The molecule has 0 aromatic rings. The van der Waals surface area contributed by atoms with Gasteiger partial charge in [0.25, 0.3) is 0 Å². The zero-order valence-electron chi connectivity index (χ0n) is 18.5. The number of amides is 2. The lowest BCUT2D eigenvalue weighted by molar-refractivity contribution is -0.129. The monoisotopic (exact) mass is 395 g/mol. The van der Waals surface area contributed by atoms with Gasteiger partial charge in [-0.05, 0) is 45.1 Å². The Balaban J connectivity index is 4.42. The minimum Gasteiger partial charge on any atom is -0.353 e. The van der Waals surface area contributed by atoms with Gasteiger partial charge in [0.15, 0.2) is 5.78 Å². The first-order chi connectivity index (χ1) is 13.3. The molecule has 1 unspecified atom stereocenters. The molecule has 2 amide bonds. The molecule has 2 atom stereocenters. The third kappa shape index (κ3) is 12.7. The summed E-state index contributed by atoms with van der Waals surface area (Å²) in [6, 6.07) is -0.123. The summed E-state index contributed by atoms with van der Waals surface area (Å²) in [5.41, 5.74) is 0. The number of allylic oxidation sites excluding steroid dienone is 1. The Morgan fingerprint density at radius 2 is 1.71 bits per heavy atom. The maximum absolute atomic E-state index is 12.5. The van der Waals surface area contributed by atoms with Crippen LogP contribution in [0.2, 0.25) is 0 Å². The second kappa shape index (κ2) is 16.3. The standard InChI is InChI=1S/C22H41N3O3/c1-6-9-13-18(8-3)24-16-21(27)25-19(22(28)17(4)5)14-10-11-15-23-20(26)12-7-2/h7,12,17-19,24H,6,8-11,13-16H2,1-5H3,(H,23,26)(H,25,27)/b12-7+/t18?,19-/m0/s1. The maximum Gasteiger partial charge on any atom is 0.243 e. The van der Waals surface area contributed by atoms with Crippen molar-refractivity contribution in [3.8, 4) is 0 Å². The molecule has 0 radical (unpaired) electrons. The molecule has 0 aliphatic heterocycles. The predicted octanol–water partition coefficient (Wildman–Crippen LogP) is 3.12. The van der Waals surface area contributed by atoms with Crippen molar-refractivity contribution < 1.29 is 14.4 Å². The Morgan fingerprint density at radius 1 is 1.00 bits per heavy atom. The number of Topliss-reactive ketones (excluding diaryl/α,β-unsaturated/α-hetero) is 1. The second-order valence-corrected chi connectivity index (χ2v) is 7.59. The number of ketones is 1. The molecule has 0 saturated carbocycles. The van der Waals surface area contributed by atoms with Crippen LogP contribution in [0.1, 0.15) is 79.6 Å². The quantitative estimate of drug-likeness (QED) is 0.277. The fraction of sp³-hybridized carbons (Fsp3) is 0.773. The summed E-state index contributed by atoms with van der Waals surface area (Å²) in [4.78, 5) is 36.2. The van der Waals surface area contributed by atoms with Crippen LogP contribution in [0, 0.1) is 5.92 Å². The molecule has 0 aliphatic rings. The molecular weight excluding hydrogens is 354 g/mol. The fourth-order valence-electron chi connectivity index (χ4n) is 2.97. The number of unbranched alkanes of at least 4 members (excludes halogenated alkanes) is 2. The van der Waals surface area contributed by atoms with Crippen LogP contribution in [0.3, 0.4) is 0 Å². The van der Waals surface area contributed by atoms with Crippen molar-refractivity contribution in [1.29, 1.82) is 0 Å². The Labute approximate surface area is 171 Å². The summed E-state index contributed by atoms with van der Waals surface area (Å²) in [7, 11) is 0. The summed E-state index contributed by atoms with van der Waals surface area (Å²) in [5.74, 6) is -0.300. The molecule has 162 valence electrons. The van der Waals surface area contributed by atoms with Gasteiger partial charge in [-0.3, -0.25) is 14.4 Å². The zero-order valence-corrected chi connectivity index (χ0v) is 18.5. The number of nitrogens with one attached hydrogen (secondary N) is 3. The van der Waals surface area contributed by atoms with Crippen LogP contribution >= 0.6 is 0 Å². The van der Waals surface area contributed by atoms with Crippen molar-refractivity contribution in [2.24, 2.45) is 5.92 Å². The molecule has 0 aromatic carbocycles. The molecule has 28 heavy (non-hydrogen) atoms. The van der Waals surface area contributed by atoms with Gasteiger partial charge in [-0.1, -0.05) is 46.6 Å². The zero-order chi connectivity index (χ0) is 21.4. The van der Waals surface area contributed by atoms with Gasteiger partial charge in [0.1, 0.15) is 0 Å². The SMILES string of the molecule is C/C=C/C(=O)NCCCC[C@H](NC(=O)CNC(CC)CCCC)C(=O)C(C)C. The smallest absolute Gasteiger partial charge is 0.243 e. The van der Waals surface area contributed by atoms with Crippen LogP contribution in [0.25, 0.3) is 0 Å². The molecule has 0 rings (SSSR count). The van der Waals surface area contributed by atoms with E-state index in [1.54, 1.807) is 13.0 Å². The number of carbonyl (C=O) groups excluding carboxylic acids is 3. The van der Waals surface area contributed by atoms with Crippen LogP contribution in [0.4, 0.5) is 0 Å². The van der Waals surface area contributed by atoms with Gasteiger partial charge in [0, 0.05) is 18.5 Å². The fourth-order valence-corrected chi connectivity index (χ4v) is 2.97. The average molecular weight is 396 g/mol. The molecule has 0 aliphatic carbocycles. The Bertz CT molecular complexity index is 489. The van der Waals surface area contributed by atoms with E-state index in [2.05, 4.69) is 29.8 Å². The van der Waals surface area contributed by atoms with Gasteiger partial charge in [-0.2, -0.15) is 0 Å². The molecular formula is C22H41N3O3. The lowest BCUT2D eigenvalue weighted by Gasteiger charge is -2.21. The first kappa shape index (κ1) is 26.3. The van der Waals surface area contributed by atoms with Gasteiger partial charge in [0.2, 0.25) is 11.8 Å². The predicted molar refractivity (Wildman–Crippen MR) is 115 cm³/mol. The van der Waals surface area contributed by atoms with Gasteiger partial charge in [-0.15, -0.1) is 0 Å². The summed E-state index contributed by atoms with van der Waals surface area (Å²) in [6.45, 7) is 10.6. The number of hydrogen-bond acceptors (Lipinski definition) is 4. The maximum atomic E-state index is 12.5. The molecule has 0 saturated heterocycles. The highest BCUT2D eigenvalue weighted by atomic mass is 16.2. The van der Waals surface area contributed by atoms with E-state index in [0.29, 0.717) is 19.0 Å². The molecule has 0 fully saturated rings. The third-order valence-electron chi connectivity index (χ3n) is 4.73. The molecule has 0 aromatic heterocycles. The first-order valence-electron chi connectivity index (χ1n) is 10.8. The number of rotatable bonds is 16. The van der Waals surface area contributed by atoms with Gasteiger partial charge in [-0.25, -0.2) is 0 Å². The van der Waals surface area contributed by atoms with Crippen LogP contribution in [0.5, 0.6) is 0 Å². The lowest BCUT2D eigenvalue weighted by Crippen LogP contribution is -2.47. The molecule has 3 N–H and O–H groups in total. The van der Waals surface area contributed by atoms with E-state index in [9.17, 15) is 14.4 Å². The van der Waals surface area contributed by atoms with Crippen LogP contribution in [-0.2, 0) is 14.4 Å². The van der Waals surface area contributed by atoms with Crippen molar-refractivity contribution in [3.63, 3.8) is 0 Å². The lowest BCUT2D eigenvalue weighted by atomic mass is 9.97. The Kier molecular flexibility index (Phi) is 15.3. The van der Waals surface area contributed by atoms with E-state index in [0.717, 1.165) is 38.5 Å². The minimum absolute atomic E-state index is 0.0596. The van der Waals surface area contributed by atoms with E-state index >= 15 is 0 Å². The van der Waals surface area contributed by atoms with Gasteiger partial charge >= 0.3 is 0 Å². The minimum atomic E-state index is -0.462. The van der Waals surface area contributed by atoms with E-state index in [1.807, 2.05) is 13.8 Å². The van der Waals surface area contributed by atoms with Crippen molar-refractivity contribution in [2.45, 2.75) is 91.6 Å². The van der Waals surface area contributed by atoms with Gasteiger partial charge in [0.05, 0.1) is 12.6 Å². The van der Waals surface area contributed by atoms with Crippen LogP contribution < -0.4 is 16.0 Å².